The zero-order valence-corrected chi connectivity index (χ0v) is 10.1. The fourth-order valence-corrected chi connectivity index (χ4v) is 0.944. The average molecular weight is 248 g/mol. The van der Waals surface area contributed by atoms with Crippen LogP contribution in [0.15, 0.2) is 0 Å². The molecule has 0 aliphatic heterocycles. The normalized spacial score (nSPS) is 11.2. The van der Waals surface area contributed by atoms with Crippen LogP contribution in [0.1, 0.15) is 20.3 Å². The lowest BCUT2D eigenvalue weighted by Crippen LogP contribution is -2.32. The van der Waals surface area contributed by atoms with Gasteiger partial charge in [-0.15, -0.1) is 0 Å². The monoisotopic (exact) mass is 248 g/mol. The van der Waals surface area contributed by atoms with E-state index in [-0.39, 0.29) is 13.2 Å². The van der Waals surface area contributed by atoms with E-state index < -0.39 is 30.6 Å². The number of ether oxygens (including phenoxy) is 4. The zero-order chi connectivity index (χ0) is 13.3. The molecule has 0 saturated heterocycles. The molecule has 0 aliphatic carbocycles. The second kappa shape index (κ2) is 8.37. The standard InChI is InChI=1S/C10H16O7/c1-4-15-8(11)6-7(9(12)16-5-2)17-10(13)14-3/h7H,4-6H2,1-3H3. The van der Waals surface area contributed by atoms with Gasteiger partial charge >= 0.3 is 18.1 Å². The highest BCUT2D eigenvalue weighted by molar-refractivity contribution is 5.83. The number of hydrogen-bond donors (Lipinski definition) is 0. The second-order valence-corrected chi connectivity index (χ2v) is 2.82. The zero-order valence-electron chi connectivity index (χ0n) is 10.1. The highest BCUT2D eigenvalue weighted by atomic mass is 16.7. The number of carbonyl (C=O) groups excluding carboxylic acids is 3. The van der Waals surface area contributed by atoms with Crippen LogP contribution in [-0.2, 0) is 28.5 Å². The Labute approximate surface area is 99.0 Å². The highest BCUT2D eigenvalue weighted by Crippen LogP contribution is 2.05. The van der Waals surface area contributed by atoms with Gasteiger partial charge in [0.25, 0.3) is 0 Å². The number of carbonyl (C=O) groups is 3. The van der Waals surface area contributed by atoms with Crippen LogP contribution in [0.5, 0.6) is 0 Å². The lowest BCUT2D eigenvalue weighted by atomic mass is 10.2. The molecule has 7 heteroatoms. The lowest BCUT2D eigenvalue weighted by molar-refractivity contribution is -0.160. The van der Waals surface area contributed by atoms with E-state index in [0.717, 1.165) is 7.11 Å². The smallest absolute Gasteiger partial charge is 0.466 e. The SMILES string of the molecule is CCOC(=O)CC(OC(=O)OC)C(=O)OCC. The van der Waals surface area contributed by atoms with Crippen LogP contribution >= 0.6 is 0 Å². The summed E-state index contributed by atoms with van der Waals surface area (Å²) in [7, 11) is 1.09. The van der Waals surface area contributed by atoms with Crippen molar-refractivity contribution >= 4 is 18.1 Å². The first-order valence-electron chi connectivity index (χ1n) is 5.11. The van der Waals surface area contributed by atoms with E-state index >= 15 is 0 Å². The molecule has 98 valence electrons. The van der Waals surface area contributed by atoms with Crippen molar-refractivity contribution in [3.05, 3.63) is 0 Å². The molecule has 0 aromatic carbocycles. The molecule has 0 bridgehead atoms. The summed E-state index contributed by atoms with van der Waals surface area (Å²) in [4.78, 5) is 33.4. The molecule has 7 nitrogen and oxygen atoms in total. The van der Waals surface area contributed by atoms with E-state index in [1.807, 2.05) is 0 Å². The molecule has 0 saturated carbocycles. The van der Waals surface area contributed by atoms with Gasteiger partial charge in [-0.3, -0.25) is 4.79 Å². The molecule has 0 aromatic rings. The highest BCUT2D eigenvalue weighted by Gasteiger charge is 2.28. The topological polar surface area (TPSA) is 88.1 Å². The van der Waals surface area contributed by atoms with Gasteiger partial charge in [0.15, 0.2) is 0 Å². The summed E-state index contributed by atoms with van der Waals surface area (Å²) in [6, 6.07) is 0. The third kappa shape index (κ3) is 6.39. The van der Waals surface area contributed by atoms with Crippen LogP contribution in [0.2, 0.25) is 0 Å². The van der Waals surface area contributed by atoms with Crippen LogP contribution in [0, 0.1) is 0 Å². The number of methoxy groups -OCH3 is 1. The Bertz CT molecular complexity index is 274. The summed E-state index contributed by atoms with van der Waals surface area (Å²) in [6.45, 7) is 3.51. The number of rotatable bonds is 6. The molecule has 0 heterocycles. The Morgan fingerprint density at radius 2 is 1.65 bits per heavy atom. The van der Waals surface area contributed by atoms with Crippen molar-refractivity contribution in [2.75, 3.05) is 20.3 Å². The molecular weight excluding hydrogens is 232 g/mol. The molecule has 1 unspecified atom stereocenters. The Morgan fingerprint density at radius 3 is 2.12 bits per heavy atom. The summed E-state index contributed by atoms with van der Waals surface area (Å²) in [5.74, 6) is -1.47. The van der Waals surface area contributed by atoms with E-state index in [9.17, 15) is 14.4 Å². The lowest BCUT2D eigenvalue weighted by Gasteiger charge is -2.14. The number of esters is 2. The van der Waals surface area contributed by atoms with Crippen LogP contribution in [0.25, 0.3) is 0 Å². The fraction of sp³-hybridized carbons (Fsp3) is 0.700. The van der Waals surface area contributed by atoms with E-state index in [1.54, 1.807) is 13.8 Å². The maximum Gasteiger partial charge on any atom is 0.508 e. The summed E-state index contributed by atoms with van der Waals surface area (Å²) in [5.41, 5.74) is 0. The van der Waals surface area contributed by atoms with Crippen LogP contribution in [0.3, 0.4) is 0 Å². The third-order valence-corrected chi connectivity index (χ3v) is 1.61. The molecule has 0 amide bonds. The molecule has 17 heavy (non-hydrogen) atoms. The van der Waals surface area contributed by atoms with Gasteiger partial charge in [0.1, 0.15) is 0 Å². The molecule has 0 N–H and O–H groups in total. The Balaban J connectivity index is 4.44. The summed E-state index contributed by atoms with van der Waals surface area (Å²) < 4.78 is 18.1. The number of hydrogen-bond acceptors (Lipinski definition) is 7. The van der Waals surface area contributed by atoms with E-state index in [0.29, 0.717) is 0 Å². The molecular formula is C10H16O7. The third-order valence-electron chi connectivity index (χ3n) is 1.61. The minimum absolute atomic E-state index is 0.114. The van der Waals surface area contributed by atoms with Crippen molar-refractivity contribution in [1.29, 1.82) is 0 Å². The minimum atomic E-state index is -1.35. The predicted octanol–water partition coefficient (Wildman–Crippen LogP) is 0.654. The molecule has 0 spiro atoms. The fourth-order valence-electron chi connectivity index (χ4n) is 0.944. The van der Waals surface area contributed by atoms with Crippen molar-refractivity contribution in [2.45, 2.75) is 26.4 Å². The van der Waals surface area contributed by atoms with Gasteiger partial charge in [0, 0.05) is 0 Å². The van der Waals surface area contributed by atoms with Gasteiger partial charge in [0.2, 0.25) is 6.10 Å². The maximum atomic E-state index is 11.4. The van der Waals surface area contributed by atoms with Crippen molar-refractivity contribution < 1.29 is 33.3 Å². The molecule has 1 atom stereocenters. The quantitative estimate of drug-likeness (QED) is 0.503. The molecule has 0 rings (SSSR count). The van der Waals surface area contributed by atoms with Crippen LogP contribution in [0.4, 0.5) is 4.79 Å². The van der Waals surface area contributed by atoms with Gasteiger partial charge < -0.3 is 18.9 Å². The van der Waals surface area contributed by atoms with Crippen molar-refractivity contribution in [2.24, 2.45) is 0 Å². The molecule has 0 aliphatic rings. The van der Waals surface area contributed by atoms with Crippen molar-refractivity contribution in [1.82, 2.24) is 0 Å². The Morgan fingerprint density at radius 1 is 1.06 bits per heavy atom. The summed E-state index contributed by atoms with van der Waals surface area (Å²) in [6.07, 6.45) is -2.81. The Hall–Kier alpha value is -1.79. The van der Waals surface area contributed by atoms with E-state index in [4.69, 9.17) is 0 Å². The second-order valence-electron chi connectivity index (χ2n) is 2.82. The van der Waals surface area contributed by atoms with Crippen molar-refractivity contribution in [3.63, 3.8) is 0 Å². The maximum absolute atomic E-state index is 11.4. The van der Waals surface area contributed by atoms with Gasteiger partial charge in [-0.2, -0.15) is 0 Å². The first-order valence-corrected chi connectivity index (χ1v) is 5.11. The largest absolute Gasteiger partial charge is 0.508 e. The molecule has 0 aromatic heterocycles. The van der Waals surface area contributed by atoms with Gasteiger partial charge in [-0.25, -0.2) is 9.59 Å². The Kier molecular flexibility index (Phi) is 7.49. The van der Waals surface area contributed by atoms with E-state index in [1.165, 1.54) is 0 Å². The van der Waals surface area contributed by atoms with Crippen molar-refractivity contribution in [3.8, 4) is 0 Å². The molecule has 0 radical (unpaired) electrons. The average Bonchev–Trinajstić information content (AvgIpc) is 2.28. The summed E-state index contributed by atoms with van der Waals surface area (Å²) in [5, 5.41) is 0. The predicted molar refractivity (Wildman–Crippen MR) is 55.2 cm³/mol. The minimum Gasteiger partial charge on any atom is -0.466 e. The van der Waals surface area contributed by atoms with Crippen LogP contribution in [-0.4, -0.2) is 44.5 Å². The first kappa shape index (κ1) is 15.2. The van der Waals surface area contributed by atoms with Gasteiger partial charge in [0.05, 0.1) is 26.7 Å². The van der Waals surface area contributed by atoms with E-state index in [2.05, 4.69) is 18.9 Å². The first-order chi connectivity index (χ1) is 8.04. The van der Waals surface area contributed by atoms with Gasteiger partial charge in [-0.05, 0) is 13.8 Å². The molecule has 0 fully saturated rings. The van der Waals surface area contributed by atoms with Gasteiger partial charge in [-0.1, -0.05) is 0 Å². The summed E-state index contributed by atoms with van der Waals surface area (Å²) >= 11 is 0. The van der Waals surface area contributed by atoms with Crippen LogP contribution < -0.4 is 0 Å².